The van der Waals surface area contributed by atoms with Gasteiger partial charge in [0.25, 0.3) is 0 Å². The van der Waals surface area contributed by atoms with Gasteiger partial charge < -0.3 is 5.32 Å². The second-order valence-corrected chi connectivity index (χ2v) is 5.27. The van der Waals surface area contributed by atoms with Crippen LogP contribution in [0.25, 0.3) is 0 Å². The Morgan fingerprint density at radius 2 is 2.06 bits per heavy atom. The molecule has 0 radical (unpaired) electrons. The average molecular weight is 246 g/mol. The van der Waals surface area contributed by atoms with Crippen molar-refractivity contribution in [3.63, 3.8) is 0 Å². The first-order valence-corrected chi connectivity index (χ1v) is 6.73. The van der Waals surface area contributed by atoms with Crippen molar-refractivity contribution in [3.05, 3.63) is 35.4 Å². The highest BCUT2D eigenvalue weighted by Crippen LogP contribution is 2.18. The van der Waals surface area contributed by atoms with Gasteiger partial charge in [-0.1, -0.05) is 24.3 Å². The lowest BCUT2D eigenvalue weighted by atomic mass is 10.00. The van der Waals surface area contributed by atoms with Crippen LogP contribution in [0, 0.1) is 0 Å². The van der Waals surface area contributed by atoms with Gasteiger partial charge in [-0.2, -0.15) is 0 Å². The minimum absolute atomic E-state index is 0.156. The van der Waals surface area contributed by atoms with E-state index < -0.39 is 0 Å². The number of hydrogen-bond acceptors (Lipinski definition) is 2. The zero-order valence-electron chi connectivity index (χ0n) is 11.3. The number of nitrogens with one attached hydrogen (secondary N) is 1. The van der Waals surface area contributed by atoms with Gasteiger partial charge in [0.05, 0.1) is 0 Å². The number of benzene rings is 1. The second-order valence-electron chi connectivity index (χ2n) is 5.27. The van der Waals surface area contributed by atoms with Gasteiger partial charge in [0.15, 0.2) is 0 Å². The molecule has 1 aliphatic rings. The van der Waals surface area contributed by atoms with Gasteiger partial charge in [0.2, 0.25) is 5.91 Å². The van der Waals surface area contributed by atoms with Gasteiger partial charge >= 0.3 is 0 Å². The Bertz CT molecular complexity index is 415. The molecule has 0 bridgehead atoms. The van der Waals surface area contributed by atoms with E-state index in [1.54, 1.807) is 0 Å². The minimum Gasteiger partial charge on any atom is -0.354 e. The Labute approximate surface area is 109 Å². The molecule has 0 saturated carbocycles. The Morgan fingerprint density at radius 3 is 2.78 bits per heavy atom. The summed E-state index contributed by atoms with van der Waals surface area (Å²) in [6.07, 6.45) is 1.70. The fourth-order valence-corrected chi connectivity index (χ4v) is 2.40. The molecule has 0 aromatic heterocycles. The molecule has 1 heterocycles. The lowest BCUT2D eigenvalue weighted by Gasteiger charge is -2.28. The monoisotopic (exact) mass is 246 g/mol. The van der Waals surface area contributed by atoms with Crippen LogP contribution in [0.5, 0.6) is 0 Å². The van der Waals surface area contributed by atoms with Crippen LogP contribution in [0.1, 0.15) is 31.4 Å². The number of carbonyl (C=O) groups excluding carboxylic acids is 1. The summed E-state index contributed by atoms with van der Waals surface area (Å²) in [5.41, 5.74) is 2.87. The maximum atomic E-state index is 11.6. The highest BCUT2D eigenvalue weighted by Gasteiger charge is 2.16. The van der Waals surface area contributed by atoms with Crippen LogP contribution in [0.15, 0.2) is 24.3 Å². The lowest BCUT2D eigenvalue weighted by molar-refractivity contribution is -0.121. The van der Waals surface area contributed by atoms with E-state index in [2.05, 4.69) is 34.5 Å². The largest absolute Gasteiger partial charge is 0.354 e. The highest BCUT2D eigenvalue weighted by atomic mass is 16.1. The normalized spacial score (nSPS) is 15.5. The summed E-state index contributed by atoms with van der Waals surface area (Å²) in [7, 11) is 0. The van der Waals surface area contributed by atoms with Crippen LogP contribution in [0.4, 0.5) is 0 Å². The third kappa shape index (κ3) is 3.57. The first-order valence-electron chi connectivity index (χ1n) is 6.73. The molecule has 1 aromatic rings. The first-order chi connectivity index (χ1) is 8.65. The van der Waals surface area contributed by atoms with Crippen molar-refractivity contribution in [3.8, 4) is 0 Å². The Hall–Kier alpha value is -1.35. The van der Waals surface area contributed by atoms with Crippen molar-refractivity contribution < 1.29 is 4.79 Å². The molecule has 3 nitrogen and oxygen atoms in total. The first kappa shape index (κ1) is 13.1. The number of rotatable bonds is 4. The number of amides is 1. The summed E-state index contributed by atoms with van der Waals surface area (Å²) in [6, 6.07) is 8.83. The molecule has 0 unspecified atom stereocenters. The molecule has 3 heteroatoms. The van der Waals surface area contributed by atoms with Crippen LogP contribution in [0.3, 0.4) is 0 Å². The molecule has 2 rings (SSSR count). The third-order valence-electron chi connectivity index (χ3n) is 3.31. The number of fused-ring (bicyclic) bond motifs is 1. The average Bonchev–Trinajstić information content (AvgIpc) is 2.35. The number of carbonyl (C=O) groups is 1. The molecule has 1 N–H and O–H groups in total. The summed E-state index contributed by atoms with van der Waals surface area (Å²) < 4.78 is 0. The molecule has 1 aliphatic heterocycles. The Morgan fingerprint density at radius 1 is 1.33 bits per heavy atom. The van der Waals surface area contributed by atoms with Gasteiger partial charge in [-0.25, -0.2) is 0 Å². The molecule has 0 aliphatic carbocycles. The van der Waals surface area contributed by atoms with Crippen LogP contribution in [-0.4, -0.2) is 29.9 Å². The van der Waals surface area contributed by atoms with E-state index in [4.69, 9.17) is 0 Å². The van der Waals surface area contributed by atoms with Gasteiger partial charge in [0.1, 0.15) is 0 Å². The molecule has 0 fully saturated rings. The van der Waals surface area contributed by atoms with E-state index in [1.165, 1.54) is 11.1 Å². The van der Waals surface area contributed by atoms with E-state index in [-0.39, 0.29) is 11.9 Å². The number of nitrogens with zero attached hydrogens (tertiary/aromatic N) is 1. The van der Waals surface area contributed by atoms with Crippen LogP contribution in [-0.2, 0) is 17.8 Å². The molecular weight excluding hydrogens is 224 g/mol. The molecule has 98 valence electrons. The fraction of sp³-hybridized carbons (Fsp3) is 0.533. The van der Waals surface area contributed by atoms with Gasteiger partial charge in [-0.3, -0.25) is 9.69 Å². The van der Waals surface area contributed by atoms with E-state index in [1.807, 2.05) is 13.8 Å². The van der Waals surface area contributed by atoms with E-state index in [9.17, 15) is 4.79 Å². The summed E-state index contributed by atoms with van der Waals surface area (Å²) in [5.74, 6) is 0.156. The lowest BCUT2D eigenvalue weighted by Crippen LogP contribution is -2.36. The standard InChI is InChI=1S/C15H22N2O/c1-12(2)16-15(18)8-10-17-9-7-13-5-3-4-6-14(13)11-17/h3-6,12H,7-11H2,1-2H3,(H,16,18). The van der Waals surface area contributed by atoms with Gasteiger partial charge in [-0.05, 0) is 31.4 Å². The smallest absolute Gasteiger partial charge is 0.221 e. The maximum absolute atomic E-state index is 11.6. The fourth-order valence-electron chi connectivity index (χ4n) is 2.40. The van der Waals surface area contributed by atoms with Gasteiger partial charge in [-0.15, -0.1) is 0 Å². The van der Waals surface area contributed by atoms with Crippen molar-refractivity contribution in [2.24, 2.45) is 0 Å². The van der Waals surface area contributed by atoms with E-state index in [0.29, 0.717) is 6.42 Å². The Kier molecular flexibility index (Phi) is 4.37. The summed E-state index contributed by atoms with van der Waals surface area (Å²) in [4.78, 5) is 14.0. The van der Waals surface area contributed by atoms with E-state index >= 15 is 0 Å². The van der Waals surface area contributed by atoms with E-state index in [0.717, 1.165) is 26.1 Å². The zero-order chi connectivity index (χ0) is 13.0. The summed E-state index contributed by atoms with van der Waals surface area (Å²) in [6.45, 7) is 6.88. The van der Waals surface area contributed by atoms with Gasteiger partial charge in [0, 0.05) is 32.1 Å². The molecule has 1 aromatic carbocycles. The number of hydrogen-bond donors (Lipinski definition) is 1. The van der Waals surface area contributed by atoms with Crippen LogP contribution in [0.2, 0.25) is 0 Å². The Balaban J connectivity index is 1.81. The SMILES string of the molecule is CC(C)NC(=O)CCN1CCc2ccccc2C1. The molecule has 18 heavy (non-hydrogen) atoms. The van der Waals surface area contributed by atoms with Crippen molar-refractivity contribution in [1.29, 1.82) is 0 Å². The van der Waals surface area contributed by atoms with Crippen molar-refractivity contribution in [2.45, 2.75) is 39.3 Å². The second kappa shape index (κ2) is 6.01. The molecule has 0 saturated heterocycles. The summed E-state index contributed by atoms with van der Waals surface area (Å²) >= 11 is 0. The molecular formula is C15H22N2O. The zero-order valence-corrected chi connectivity index (χ0v) is 11.3. The quantitative estimate of drug-likeness (QED) is 0.881. The molecule has 1 amide bonds. The summed E-state index contributed by atoms with van der Waals surface area (Å²) in [5, 5.41) is 2.94. The predicted molar refractivity (Wildman–Crippen MR) is 73.3 cm³/mol. The minimum atomic E-state index is 0.156. The highest BCUT2D eigenvalue weighted by molar-refractivity contribution is 5.76. The topological polar surface area (TPSA) is 32.3 Å². The third-order valence-corrected chi connectivity index (χ3v) is 3.31. The van der Waals surface area contributed by atoms with Crippen LogP contribution < -0.4 is 5.32 Å². The predicted octanol–water partition coefficient (Wildman–Crippen LogP) is 1.96. The van der Waals surface area contributed by atoms with Crippen molar-refractivity contribution in [2.75, 3.05) is 13.1 Å². The van der Waals surface area contributed by atoms with Crippen molar-refractivity contribution >= 4 is 5.91 Å². The maximum Gasteiger partial charge on any atom is 0.221 e. The molecule has 0 spiro atoms. The van der Waals surface area contributed by atoms with Crippen LogP contribution >= 0.6 is 0 Å². The molecule has 0 atom stereocenters. The van der Waals surface area contributed by atoms with Crippen molar-refractivity contribution in [1.82, 2.24) is 10.2 Å².